The van der Waals surface area contributed by atoms with Crippen LogP contribution in [0.5, 0.6) is 11.5 Å². The second-order valence-corrected chi connectivity index (χ2v) is 16.0. The summed E-state index contributed by atoms with van der Waals surface area (Å²) in [6.07, 6.45) is 0. The molecule has 2 heteroatoms. The van der Waals surface area contributed by atoms with Crippen molar-refractivity contribution < 1.29 is 10.2 Å². The highest BCUT2D eigenvalue weighted by Gasteiger charge is 2.34. The molecule has 5 aromatic rings. The van der Waals surface area contributed by atoms with Gasteiger partial charge in [0.15, 0.2) is 0 Å². The number of fused-ring (bicyclic) bond motifs is 1. The number of phenols is 2. The van der Waals surface area contributed by atoms with Crippen molar-refractivity contribution in [2.75, 3.05) is 0 Å². The Morgan fingerprint density at radius 2 is 0.956 bits per heavy atom. The van der Waals surface area contributed by atoms with Gasteiger partial charge in [-0.3, -0.25) is 0 Å². The lowest BCUT2D eigenvalue weighted by atomic mass is 9.69. The molecular weight excluding hydrogens is 548 g/mol. The topological polar surface area (TPSA) is 40.5 Å². The van der Waals surface area contributed by atoms with Gasteiger partial charge in [-0.2, -0.15) is 0 Å². The van der Waals surface area contributed by atoms with Crippen LogP contribution in [0.2, 0.25) is 0 Å². The number of phenolic OH excluding ortho intramolecular Hbond substituents is 2. The van der Waals surface area contributed by atoms with Crippen LogP contribution in [0.1, 0.15) is 114 Å². The van der Waals surface area contributed by atoms with Crippen LogP contribution < -0.4 is 0 Å². The summed E-state index contributed by atoms with van der Waals surface area (Å²) in [7, 11) is 0. The third-order valence-electron chi connectivity index (χ3n) is 9.92. The summed E-state index contributed by atoms with van der Waals surface area (Å²) in [6.45, 7) is 22.2. The molecule has 0 radical (unpaired) electrons. The first-order valence-corrected chi connectivity index (χ1v) is 16.2. The van der Waals surface area contributed by atoms with E-state index in [1.807, 2.05) is 18.2 Å². The van der Waals surface area contributed by atoms with Crippen LogP contribution in [-0.2, 0) is 16.2 Å². The molecule has 0 aliphatic carbocycles. The van der Waals surface area contributed by atoms with E-state index in [2.05, 4.69) is 154 Å². The Kier molecular flexibility index (Phi) is 8.19. The Balaban J connectivity index is 1.54. The molecule has 0 fully saturated rings. The zero-order chi connectivity index (χ0) is 32.9. The van der Waals surface area contributed by atoms with Crippen LogP contribution in [0, 0.1) is 5.41 Å². The van der Waals surface area contributed by atoms with Gasteiger partial charge in [0, 0.05) is 22.3 Å². The highest BCUT2D eigenvalue weighted by atomic mass is 16.3. The third kappa shape index (κ3) is 6.12. The zero-order valence-electron chi connectivity index (χ0n) is 28.8. The lowest BCUT2D eigenvalue weighted by molar-refractivity contribution is 0.348. The fourth-order valence-electron chi connectivity index (χ4n) is 6.94. The van der Waals surface area contributed by atoms with Crippen molar-refractivity contribution >= 4 is 10.8 Å². The van der Waals surface area contributed by atoms with Gasteiger partial charge >= 0.3 is 0 Å². The number of benzene rings is 5. The van der Waals surface area contributed by atoms with E-state index in [9.17, 15) is 10.2 Å². The molecule has 1 atom stereocenters. The van der Waals surface area contributed by atoms with Crippen molar-refractivity contribution in [3.8, 4) is 11.5 Å². The summed E-state index contributed by atoms with van der Waals surface area (Å²) in [6, 6.07) is 36.3. The molecule has 0 bridgehead atoms. The molecule has 2 N–H and O–H groups in total. The molecule has 5 aromatic carbocycles. The van der Waals surface area contributed by atoms with Gasteiger partial charge in [0.25, 0.3) is 0 Å². The largest absolute Gasteiger partial charge is 0.508 e. The van der Waals surface area contributed by atoms with Crippen LogP contribution >= 0.6 is 0 Å². The fourth-order valence-corrected chi connectivity index (χ4v) is 6.94. The summed E-state index contributed by atoms with van der Waals surface area (Å²) in [4.78, 5) is 0. The first kappa shape index (κ1) is 32.4. The van der Waals surface area contributed by atoms with Crippen LogP contribution in [0.25, 0.3) is 10.8 Å². The van der Waals surface area contributed by atoms with Crippen molar-refractivity contribution in [1.29, 1.82) is 0 Å². The summed E-state index contributed by atoms with van der Waals surface area (Å²) in [5.41, 5.74) is 7.17. The Morgan fingerprint density at radius 3 is 1.51 bits per heavy atom. The maximum Gasteiger partial charge on any atom is 0.119 e. The Hall–Kier alpha value is -4.04. The predicted molar refractivity (Wildman–Crippen MR) is 191 cm³/mol. The van der Waals surface area contributed by atoms with E-state index in [1.165, 1.54) is 38.6 Å². The van der Waals surface area contributed by atoms with Crippen LogP contribution in [0.4, 0.5) is 0 Å². The number of rotatable bonds is 6. The predicted octanol–water partition coefficient (Wildman–Crippen LogP) is 11.4. The lowest BCUT2D eigenvalue weighted by Crippen LogP contribution is -2.24. The van der Waals surface area contributed by atoms with E-state index in [4.69, 9.17) is 0 Å². The molecule has 5 rings (SSSR count). The van der Waals surface area contributed by atoms with Gasteiger partial charge in [-0.1, -0.05) is 160 Å². The molecule has 0 amide bonds. The maximum atomic E-state index is 11.3. The maximum absolute atomic E-state index is 11.3. The molecule has 0 spiro atoms. The van der Waals surface area contributed by atoms with Gasteiger partial charge in [0.05, 0.1) is 0 Å². The van der Waals surface area contributed by atoms with Gasteiger partial charge in [-0.25, -0.2) is 0 Å². The van der Waals surface area contributed by atoms with Crippen molar-refractivity contribution in [3.63, 3.8) is 0 Å². The van der Waals surface area contributed by atoms with E-state index in [0.29, 0.717) is 11.5 Å². The minimum absolute atomic E-state index is 0.00539. The molecule has 0 heterocycles. The average Bonchev–Trinajstić information content (AvgIpc) is 2.97. The van der Waals surface area contributed by atoms with Crippen molar-refractivity contribution in [1.82, 2.24) is 0 Å². The molecule has 0 aliphatic heterocycles. The van der Waals surface area contributed by atoms with Crippen molar-refractivity contribution in [3.05, 3.63) is 142 Å². The molecular formula is C43H50O2. The molecule has 234 valence electrons. The fraction of sp³-hybridized carbons (Fsp3) is 0.349. The quantitative estimate of drug-likeness (QED) is 0.204. The van der Waals surface area contributed by atoms with E-state index >= 15 is 0 Å². The van der Waals surface area contributed by atoms with E-state index < -0.39 is 0 Å². The normalized spacial score (nSPS) is 13.6. The number of aromatic hydroxyl groups is 2. The lowest BCUT2D eigenvalue weighted by Gasteiger charge is -2.35. The second-order valence-electron chi connectivity index (χ2n) is 16.0. The summed E-state index contributed by atoms with van der Waals surface area (Å²) in [5, 5.41) is 24.3. The Labute approximate surface area is 270 Å². The molecule has 2 nitrogen and oxygen atoms in total. The summed E-state index contributed by atoms with van der Waals surface area (Å²) >= 11 is 0. The Bertz CT molecular complexity index is 1820. The first-order chi connectivity index (χ1) is 20.9. The summed E-state index contributed by atoms with van der Waals surface area (Å²) < 4.78 is 0. The standard InChI is InChI=1S/C43H50O2/c1-40(2,3)36-27-32(23-25-38(36)45)43(9,10)30-20-18-29(19-21-30)42(7,8)31-22-24-37(44)35(26-31)39(41(4,5)6)34-17-13-15-28-14-11-12-16-33(28)34/h11-27,39,44-45H,1-10H3. The summed E-state index contributed by atoms with van der Waals surface area (Å²) in [5.74, 6) is 0.690. The van der Waals surface area contributed by atoms with E-state index in [1.54, 1.807) is 0 Å². The van der Waals surface area contributed by atoms with Gasteiger partial charge in [-0.15, -0.1) is 0 Å². The van der Waals surface area contributed by atoms with Gasteiger partial charge in [-0.05, 0) is 67.1 Å². The molecule has 0 aromatic heterocycles. The molecule has 1 unspecified atom stereocenters. The van der Waals surface area contributed by atoms with Crippen molar-refractivity contribution in [2.45, 2.75) is 91.4 Å². The van der Waals surface area contributed by atoms with Crippen LogP contribution in [0.15, 0.2) is 103 Å². The second kappa shape index (κ2) is 11.4. The van der Waals surface area contributed by atoms with Gasteiger partial charge in [0.2, 0.25) is 0 Å². The first-order valence-electron chi connectivity index (χ1n) is 16.2. The van der Waals surface area contributed by atoms with E-state index in [0.717, 1.165) is 11.1 Å². The Morgan fingerprint density at radius 1 is 0.467 bits per heavy atom. The van der Waals surface area contributed by atoms with Crippen LogP contribution in [0.3, 0.4) is 0 Å². The van der Waals surface area contributed by atoms with Crippen molar-refractivity contribution in [2.24, 2.45) is 5.41 Å². The highest BCUT2D eigenvalue weighted by molar-refractivity contribution is 5.86. The highest BCUT2D eigenvalue weighted by Crippen LogP contribution is 2.47. The van der Waals surface area contributed by atoms with Gasteiger partial charge in [0.1, 0.15) is 11.5 Å². The molecule has 0 aliphatic rings. The van der Waals surface area contributed by atoms with Gasteiger partial charge < -0.3 is 10.2 Å². The smallest absolute Gasteiger partial charge is 0.119 e. The third-order valence-corrected chi connectivity index (χ3v) is 9.92. The molecule has 0 saturated heterocycles. The average molecular weight is 599 g/mol. The molecule has 0 saturated carbocycles. The SMILES string of the molecule is CC(C)(C)c1cc(C(C)(C)c2ccc(C(C)(C)c3ccc(O)c(C(c4cccc5ccccc45)C(C)(C)C)c3)cc2)ccc1O. The minimum Gasteiger partial charge on any atom is -0.508 e. The number of hydrogen-bond acceptors (Lipinski definition) is 2. The zero-order valence-corrected chi connectivity index (χ0v) is 28.8. The number of hydrogen-bond donors (Lipinski definition) is 2. The minimum atomic E-state index is -0.287. The molecule has 45 heavy (non-hydrogen) atoms. The monoisotopic (exact) mass is 598 g/mol. The van der Waals surface area contributed by atoms with Crippen LogP contribution in [-0.4, -0.2) is 10.2 Å². The van der Waals surface area contributed by atoms with E-state index in [-0.39, 0.29) is 27.6 Å².